The lowest BCUT2D eigenvalue weighted by Crippen LogP contribution is -2.16. The van der Waals surface area contributed by atoms with Gasteiger partial charge >= 0.3 is 5.97 Å². The number of hydrogen-bond donors (Lipinski definition) is 2. The van der Waals surface area contributed by atoms with Gasteiger partial charge < -0.3 is 19.3 Å². The van der Waals surface area contributed by atoms with Crippen LogP contribution in [0.3, 0.4) is 0 Å². The molecule has 0 saturated carbocycles. The molecular weight excluding hydrogens is 222 g/mol. The van der Waals surface area contributed by atoms with Crippen LogP contribution in [0.2, 0.25) is 0 Å². The van der Waals surface area contributed by atoms with E-state index in [0.717, 1.165) is 18.7 Å². The fraction of sp³-hybridized carbons (Fsp3) is 0.250. The molecule has 2 heterocycles. The number of carboxylic acids is 1. The van der Waals surface area contributed by atoms with E-state index in [-0.39, 0.29) is 5.76 Å². The fourth-order valence-electron chi connectivity index (χ4n) is 1.47. The Kier molecular flexibility index (Phi) is 3.62. The van der Waals surface area contributed by atoms with Crippen LogP contribution in [0.4, 0.5) is 0 Å². The van der Waals surface area contributed by atoms with Crippen molar-refractivity contribution < 1.29 is 18.7 Å². The van der Waals surface area contributed by atoms with Gasteiger partial charge in [0, 0.05) is 13.0 Å². The van der Waals surface area contributed by atoms with Crippen LogP contribution >= 0.6 is 0 Å². The Morgan fingerprint density at radius 1 is 1.29 bits per heavy atom. The molecule has 0 bridgehead atoms. The number of hydrogen-bond acceptors (Lipinski definition) is 4. The van der Waals surface area contributed by atoms with E-state index in [1.807, 2.05) is 12.1 Å². The lowest BCUT2D eigenvalue weighted by molar-refractivity contribution is 0.0660. The highest BCUT2D eigenvalue weighted by atomic mass is 16.4. The molecule has 2 aromatic heterocycles. The molecular formula is C12H13NO4. The first-order valence-corrected chi connectivity index (χ1v) is 5.31. The Balaban J connectivity index is 1.72. The lowest BCUT2D eigenvalue weighted by atomic mass is 10.3. The normalized spacial score (nSPS) is 10.6. The maximum atomic E-state index is 10.6. The summed E-state index contributed by atoms with van der Waals surface area (Å²) in [6.07, 6.45) is 2.43. The Labute approximate surface area is 98.0 Å². The highest BCUT2D eigenvalue weighted by Crippen LogP contribution is 2.07. The van der Waals surface area contributed by atoms with Crippen molar-refractivity contribution in [3.63, 3.8) is 0 Å². The predicted molar refractivity (Wildman–Crippen MR) is 59.8 cm³/mol. The second-order valence-corrected chi connectivity index (χ2v) is 3.58. The van der Waals surface area contributed by atoms with E-state index in [9.17, 15) is 4.79 Å². The van der Waals surface area contributed by atoms with Crippen molar-refractivity contribution >= 4 is 5.97 Å². The molecule has 0 atom stereocenters. The first kappa shape index (κ1) is 11.5. The van der Waals surface area contributed by atoms with Gasteiger partial charge in [0.05, 0.1) is 12.8 Å². The van der Waals surface area contributed by atoms with Crippen molar-refractivity contribution in [2.75, 3.05) is 6.54 Å². The molecule has 17 heavy (non-hydrogen) atoms. The van der Waals surface area contributed by atoms with E-state index >= 15 is 0 Å². The number of carboxylic acid groups (broad SMARTS) is 1. The minimum absolute atomic E-state index is 0.0344. The highest BCUT2D eigenvalue weighted by Gasteiger charge is 2.08. The quantitative estimate of drug-likeness (QED) is 0.748. The average molecular weight is 235 g/mol. The van der Waals surface area contributed by atoms with Gasteiger partial charge in [-0.25, -0.2) is 4.79 Å². The minimum atomic E-state index is -1.05. The van der Waals surface area contributed by atoms with Gasteiger partial charge in [0.25, 0.3) is 0 Å². The van der Waals surface area contributed by atoms with Crippen LogP contribution in [0.15, 0.2) is 39.4 Å². The second-order valence-electron chi connectivity index (χ2n) is 3.58. The van der Waals surface area contributed by atoms with Crippen LogP contribution < -0.4 is 5.32 Å². The Morgan fingerprint density at radius 2 is 2.18 bits per heavy atom. The summed E-state index contributed by atoms with van der Waals surface area (Å²) in [5, 5.41) is 11.8. The first-order chi connectivity index (χ1) is 8.25. The Morgan fingerprint density at radius 3 is 2.82 bits per heavy atom. The monoisotopic (exact) mass is 235 g/mol. The smallest absolute Gasteiger partial charge is 0.371 e. The molecule has 0 saturated heterocycles. The molecule has 0 radical (unpaired) electrons. The van der Waals surface area contributed by atoms with Crippen molar-refractivity contribution in [1.29, 1.82) is 0 Å². The van der Waals surface area contributed by atoms with Gasteiger partial charge in [-0.15, -0.1) is 0 Å². The van der Waals surface area contributed by atoms with Gasteiger partial charge in [-0.2, -0.15) is 0 Å². The van der Waals surface area contributed by atoms with Crippen LogP contribution in [0, 0.1) is 0 Å². The summed E-state index contributed by atoms with van der Waals surface area (Å²) in [7, 11) is 0. The van der Waals surface area contributed by atoms with Gasteiger partial charge in [-0.05, 0) is 24.3 Å². The maximum absolute atomic E-state index is 10.6. The minimum Gasteiger partial charge on any atom is -0.475 e. The van der Waals surface area contributed by atoms with E-state index in [0.29, 0.717) is 12.3 Å². The van der Waals surface area contributed by atoms with Crippen LogP contribution in [0.1, 0.15) is 22.1 Å². The summed E-state index contributed by atoms with van der Waals surface area (Å²) in [6, 6.07) is 6.87. The summed E-state index contributed by atoms with van der Waals surface area (Å²) < 4.78 is 10.3. The third-order valence-corrected chi connectivity index (χ3v) is 2.30. The van der Waals surface area contributed by atoms with E-state index in [4.69, 9.17) is 13.9 Å². The third-order valence-electron chi connectivity index (χ3n) is 2.30. The highest BCUT2D eigenvalue weighted by molar-refractivity contribution is 5.84. The zero-order valence-electron chi connectivity index (χ0n) is 9.18. The van der Waals surface area contributed by atoms with Crippen molar-refractivity contribution in [2.45, 2.75) is 13.0 Å². The number of furan rings is 2. The standard InChI is InChI=1S/C12H13NO4/c14-12(15)11-4-3-10(17-11)8-13-6-5-9-2-1-7-16-9/h1-4,7,13H,5-6,8H2,(H,14,15). The molecule has 90 valence electrons. The summed E-state index contributed by atoms with van der Waals surface area (Å²) >= 11 is 0. The maximum Gasteiger partial charge on any atom is 0.371 e. The topological polar surface area (TPSA) is 75.6 Å². The van der Waals surface area contributed by atoms with Crippen molar-refractivity contribution in [2.24, 2.45) is 0 Å². The molecule has 2 rings (SSSR count). The van der Waals surface area contributed by atoms with E-state index in [1.54, 1.807) is 12.3 Å². The van der Waals surface area contributed by atoms with Gasteiger partial charge in [0.1, 0.15) is 11.5 Å². The molecule has 0 aliphatic rings. The zero-order valence-corrected chi connectivity index (χ0v) is 9.18. The molecule has 0 spiro atoms. The van der Waals surface area contributed by atoms with Gasteiger partial charge in [0.15, 0.2) is 0 Å². The van der Waals surface area contributed by atoms with Gasteiger partial charge in [0.2, 0.25) is 5.76 Å². The molecule has 0 unspecified atom stereocenters. The van der Waals surface area contributed by atoms with Crippen molar-refractivity contribution in [1.82, 2.24) is 5.32 Å². The number of rotatable bonds is 6. The fourth-order valence-corrected chi connectivity index (χ4v) is 1.47. The van der Waals surface area contributed by atoms with Crippen LogP contribution in [0.5, 0.6) is 0 Å². The van der Waals surface area contributed by atoms with Crippen LogP contribution in [-0.4, -0.2) is 17.6 Å². The molecule has 0 amide bonds. The summed E-state index contributed by atoms with van der Waals surface area (Å²) in [4.78, 5) is 10.6. The first-order valence-electron chi connectivity index (χ1n) is 5.31. The van der Waals surface area contributed by atoms with Gasteiger partial charge in [-0.3, -0.25) is 0 Å². The summed E-state index contributed by atoms with van der Waals surface area (Å²) in [6.45, 7) is 1.25. The molecule has 5 heteroatoms. The molecule has 2 N–H and O–H groups in total. The predicted octanol–water partition coefficient (Wildman–Crippen LogP) is 1.90. The van der Waals surface area contributed by atoms with E-state index in [2.05, 4.69) is 5.32 Å². The molecule has 2 aromatic rings. The Hall–Kier alpha value is -2.01. The summed E-state index contributed by atoms with van der Waals surface area (Å²) in [5.41, 5.74) is 0. The molecule has 0 aliphatic heterocycles. The molecule has 0 fully saturated rings. The van der Waals surface area contributed by atoms with E-state index in [1.165, 1.54) is 6.07 Å². The molecule has 5 nitrogen and oxygen atoms in total. The lowest BCUT2D eigenvalue weighted by Gasteiger charge is -2.00. The van der Waals surface area contributed by atoms with Gasteiger partial charge in [-0.1, -0.05) is 0 Å². The number of carbonyl (C=O) groups is 1. The largest absolute Gasteiger partial charge is 0.475 e. The van der Waals surface area contributed by atoms with Crippen LogP contribution in [0.25, 0.3) is 0 Å². The number of nitrogens with one attached hydrogen (secondary N) is 1. The second kappa shape index (κ2) is 5.36. The molecule has 0 aliphatic carbocycles. The van der Waals surface area contributed by atoms with E-state index < -0.39 is 5.97 Å². The Bertz CT molecular complexity index is 472. The number of aromatic carboxylic acids is 1. The average Bonchev–Trinajstić information content (AvgIpc) is 2.96. The zero-order chi connectivity index (χ0) is 12.1. The van der Waals surface area contributed by atoms with Crippen molar-refractivity contribution in [3.8, 4) is 0 Å². The van der Waals surface area contributed by atoms with Crippen molar-refractivity contribution in [3.05, 3.63) is 47.8 Å². The SMILES string of the molecule is O=C(O)c1ccc(CNCCc2ccco2)o1. The third kappa shape index (κ3) is 3.22. The molecule has 0 aromatic carbocycles. The summed E-state index contributed by atoms with van der Waals surface area (Å²) in [5.74, 6) is 0.449. The van der Waals surface area contributed by atoms with Crippen LogP contribution in [-0.2, 0) is 13.0 Å².